The fraction of sp³-hybridized carbons (Fsp3) is 0.200. The van der Waals surface area contributed by atoms with E-state index in [1.807, 2.05) is 66.1 Å². The first kappa shape index (κ1) is 19.9. The van der Waals surface area contributed by atoms with Gasteiger partial charge in [-0.15, -0.1) is 0 Å². The average molecular weight is 425 g/mol. The summed E-state index contributed by atoms with van der Waals surface area (Å²) < 4.78 is 1.82. The number of hydrogen-bond donors (Lipinski definition) is 2. The lowest BCUT2D eigenvalue weighted by Crippen LogP contribution is -2.28. The summed E-state index contributed by atoms with van der Waals surface area (Å²) in [5.74, 6) is -0.287. The molecule has 0 bridgehead atoms. The molecule has 1 aliphatic carbocycles. The van der Waals surface area contributed by atoms with Crippen LogP contribution in [0.4, 0.5) is 0 Å². The van der Waals surface area contributed by atoms with Gasteiger partial charge in [-0.25, -0.2) is 4.98 Å². The summed E-state index contributed by atoms with van der Waals surface area (Å²) in [7, 11) is 0. The number of hydrogen-bond acceptors (Lipinski definition) is 4. The second kappa shape index (κ2) is 8.26. The van der Waals surface area contributed by atoms with E-state index in [-0.39, 0.29) is 17.9 Å². The van der Waals surface area contributed by atoms with Crippen molar-refractivity contribution in [2.24, 2.45) is 0 Å². The molecule has 0 saturated carbocycles. The Morgan fingerprint density at radius 2 is 2.00 bits per heavy atom. The van der Waals surface area contributed by atoms with Crippen LogP contribution >= 0.6 is 0 Å². The topological polar surface area (TPSA) is 88.4 Å². The molecular weight excluding hydrogens is 402 g/mol. The van der Waals surface area contributed by atoms with Crippen LogP contribution < -0.4 is 10.6 Å². The lowest BCUT2D eigenvalue weighted by atomic mass is 10.0. The zero-order valence-corrected chi connectivity index (χ0v) is 17.7. The highest BCUT2D eigenvalue weighted by Crippen LogP contribution is 2.32. The highest BCUT2D eigenvalue weighted by Gasteiger charge is 2.26. The van der Waals surface area contributed by atoms with Crippen molar-refractivity contribution in [2.45, 2.75) is 32.4 Å². The van der Waals surface area contributed by atoms with Gasteiger partial charge in [-0.1, -0.05) is 18.2 Å². The summed E-state index contributed by atoms with van der Waals surface area (Å²) >= 11 is 0. The number of aromatic nitrogens is 3. The van der Waals surface area contributed by atoms with Gasteiger partial charge < -0.3 is 10.6 Å². The zero-order chi connectivity index (χ0) is 22.1. The maximum atomic E-state index is 12.9. The summed E-state index contributed by atoms with van der Waals surface area (Å²) in [5.41, 5.74) is 5.90. The van der Waals surface area contributed by atoms with Crippen LogP contribution in [0.5, 0.6) is 0 Å². The molecule has 1 atom stereocenters. The Bertz CT molecular complexity index is 1310. The van der Waals surface area contributed by atoms with Crippen LogP contribution in [0.2, 0.25) is 0 Å². The molecule has 0 fully saturated rings. The van der Waals surface area contributed by atoms with Crippen molar-refractivity contribution in [2.75, 3.05) is 0 Å². The van der Waals surface area contributed by atoms with Crippen molar-refractivity contribution in [1.82, 2.24) is 25.0 Å². The van der Waals surface area contributed by atoms with Crippen LogP contribution in [-0.2, 0) is 13.0 Å². The number of rotatable bonds is 5. The minimum atomic E-state index is -0.155. The number of pyridine rings is 2. The van der Waals surface area contributed by atoms with E-state index in [0.717, 1.165) is 40.9 Å². The van der Waals surface area contributed by atoms with Crippen molar-refractivity contribution in [3.63, 3.8) is 0 Å². The van der Waals surface area contributed by atoms with Gasteiger partial charge in [0.1, 0.15) is 11.3 Å². The predicted octanol–water partition coefficient (Wildman–Crippen LogP) is 3.39. The number of carbonyl (C=O) groups is 2. The third-order valence-corrected chi connectivity index (χ3v) is 5.83. The number of nitrogens with one attached hydrogen (secondary N) is 2. The fourth-order valence-electron chi connectivity index (χ4n) is 4.17. The second-order valence-electron chi connectivity index (χ2n) is 8.06. The first-order chi connectivity index (χ1) is 15.6. The summed E-state index contributed by atoms with van der Waals surface area (Å²) in [4.78, 5) is 34.1. The number of imidazole rings is 1. The molecule has 7 heteroatoms. The third-order valence-electron chi connectivity index (χ3n) is 5.83. The molecule has 0 aliphatic heterocycles. The van der Waals surface area contributed by atoms with E-state index >= 15 is 0 Å². The van der Waals surface area contributed by atoms with Gasteiger partial charge in [-0.2, -0.15) is 0 Å². The standard InChI is InChI=1S/C25H23N5O2/c1-16-5-10-23-27-14-22(30(23)15-16)25(32)29-21-9-7-17-12-18(6-8-20(17)21)24(31)28-13-19-4-2-3-11-26-19/h2-6,8,10-12,14-15,21H,7,9,13H2,1H3,(H,28,31)(H,29,32)/t21-/m1/s1. The van der Waals surface area contributed by atoms with Crippen LogP contribution in [0.25, 0.3) is 5.65 Å². The van der Waals surface area contributed by atoms with Gasteiger partial charge in [0.2, 0.25) is 0 Å². The molecule has 160 valence electrons. The molecule has 5 rings (SSSR count). The van der Waals surface area contributed by atoms with Crippen molar-refractivity contribution in [3.8, 4) is 0 Å². The van der Waals surface area contributed by atoms with Crippen molar-refractivity contribution in [3.05, 3.63) is 101 Å². The van der Waals surface area contributed by atoms with Crippen LogP contribution in [0.15, 0.2) is 67.1 Å². The Morgan fingerprint density at radius 1 is 1.09 bits per heavy atom. The zero-order valence-electron chi connectivity index (χ0n) is 17.7. The van der Waals surface area contributed by atoms with Gasteiger partial charge in [0.15, 0.2) is 0 Å². The van der Waals surface area contributed by atoms with Crippen molar-refractivity contribution < 1.29 is 9.59 Å². The third kappa shape index (κ3) is 3.85. The largest absolute Gasteiger partial charge is 0.346 e. The smallest absolute Gasteiger partial charge is 0.270 e. The molecule has 32 heavy (non-hydrogen) atoms. The van der Waals surface area contributed by atoms with Gasteiger partial charge >= 0.3 is 0 Å². The summed E-state index contributed by atoms with van der Waals surface area (Å²) in [6, 6.07) is 15.1. The summed E-state index contributed by atoms with van der Waals surface area (Å²) in [5, 5.41) is 6.04. The van der Waals surface area contributed by atoms with Gasteiger partial charge in [0.05, 0.1) is 24.5 Å². The number of amides is 2. The van der Waals surface area contributed by atoms with Crippen molar-refractivity contribution >= 4 is 17.5 Å². The van der Waals surface area contributed by atoms with Crippen LogP contribution in [-0.4, -0.2) is 26.2 Å². The fourth-order valence-corrected chi connectivity index (χ4v) is 4.17. The number of carbonyl (C=O) groups excluding carboxylic acids is 2. The van der Waals surface area contributed by atoms with E-state index in [0.29, 0.717) is 17.8 Å². The van der Waals surface area contributed by atoms with Gasteiger partial charge in [0.25, 0.3) is 11.8 Å². The van der Waals surface area contributed by atoms with Crippen LogP contribution in [0, 0.1) is 6.92 Å². The number of benzene rings is 1. The predicted molar refractivity (Wildman–Crippen MR) is 120 cm³/mol. The quantitative estimate of drug-likeness (QED) is 0.513. The molecule has 0 spiro atoms. The van der Waals surface area contributed by atoms with E-state index in [1.54, 1.807) is 12.4 Å². The van der Waals surface area contributed by atoms with E-state index < -0.39 is 0 Å². The first-order valence-electron chi connectivity index (χ1n) is 10.6. The molecule has 0 radical (unpaired) electrons. The lowest BCUT2D eigenvalue weighted by Gasteiger charge is -2.14. The Kier molecular flexibility index (Phi) is 5.15. The van der Waals surface area contributed by atoms with Crippen molar-refractivity contribution in [1.29, 1.82) is 0 Å². The molecular formula is C25H23N5O2. The average Bonchev–Trinajstić information content (AvgIpc) is 3.41. The molecule has 1 aliphatic rings. The maximum Gasteiger partial charge on any atom is 0.270 e. The van der Waals surface area contributed by atoms with Crippen LogP contribution in [0.1, 0.15) is 55.7 Å². The normalized spacial score (nSPS) is 14.8. The number of fused-ring (bicyclic) bond motifs is 2. The van der Waals surface area contributed by atoms with Gasteiger partial charge in [-0.05, 0) is 66.8 Å². The molecule has 3 aromatic heterocycles. The molecule has 0 unspecified atom stereocenters. The molecule has 0 saturated heterocycles. The molecule has 7 nitrogen and oxygen atoms in total. The molecule has 1 aromatic carbocycles. The SMILES string of the molecule is Cc1ccc2ncc(C(=O)N[C@@H]3CCc4cc(C(=O)NCc5ccccn5)ccc43)n2c1. The Balaban J connectivity index is 1.28. The monoisotopic (exact) mass is 425 g/mol. The minimum absolute atomic E-state index is 0.0847. The molecule has 4 aromatic rings. The lowest BCUT2D eigenvalue weighted by molar-refractivity contribution is 0.0927. The van der Waals surface area contributed by atoms with E-state index in [9.17, 15) is 9.59 Å². The van der Waals surface area contributed by atoms with E-state index in [2.05, 4.69) is 20.6 Å². The summed E-state index contributed by atoms with van der Waals surface area (Å²) in [6.45, 7) is 2.37. The number of nitrogens with zero attached hydrogens (tertiary/aromatic N) is 3. The maximum absolute atomic E-state index is 12.9. The number of aryl methyl sites for hydroxylation is 2. The highest BCUT2D eigenvalue weighted by atomic mass is 16.2. The van der Waals surface area contributed by atoms with Crippen LogP contribution in [0.3, 0.4) is 0 Å². The van der Waals surface area contributed by atoms with E-state index in [4.69, 9.17) is 0 Å². The summed E-state index contributed by atoms with van der Waals surface area (Å²) in [6.07, 6.45) is 6.84. The Hall–Kier alpha value is -4.00. The van der Waals surface area contributed by atoms with Gasteiger partial charge in [-0.3, -0.25) is 19.0 Å². The first-order valence-corrected chi connectivity index (χ1v) is 10.6. The Labute approximate surface area is 185 Å². The highest BCUT2D eigenvalue weighted by molar-refractivity contribution is 5.95. The Morgan fingerprint density at radius 3 is 2.84 bits per heavy atom. The molecule has 2 amide bonds. The van der Waals surface area contributed by atoms with E-state index in [1.165, 1.54) is 0 Å². The molecule has 2 N–H and O–H groups in total. The second-order valence-corrected chi connectivity index (χ2v) is 8.06. The molecule has 3 heterocycles. The minimum Gasteiger partial charge on any atom is -0.346 e. The van der Waals surface area contributed by atoms with Gasteiger partial charge in [0, 0.05) is 18.0 Å².